The molecule has 6 rings (SSSR count). The predicted molar refractivity (Wildman–Crippen MR) is 110 cm³/mol. The van der Waals surface area contributed by atoms with Crippen molar-refractivity contribution in [3.05, 3.63) is 34.7 Å². The minimum Gasteiger partial charge on any atom is -0.306 e. The Morgan fingerprint density at radius 1 is 1.11 bits per heavy atom. The largest absolute Gasteiger partial charge is 0.326 e. The van der Waals surface area contributed by atoms with Crippen molar-refractivity contribution in [2.75, 3.05) is 19.6 Å². The van der Waals surface area contributed by atoms with Gasteiger partial charge in [-0.1, -0.05) is 26.0 Å². The molecule has 3 saturated carbocycles. The van der Waals surface area contributed by atoms with E-state index in [9.17, 15) is 4.79 Å². The molecule has 3 aliphatic carbocycles. The smallest absolute Gasteiger partial charge is 0.306 e. The fourth-order valence-corrected chi connectivity index (χ4v) is 6.49. The summed E-state index contributed by atoms with van der Waals surface area (Å²) in [5.41, 5.74) is 2.68. The number of benzene rings is 1. The lowest BCUT2D eigenvalue weighted by Gasteiger charge is -2.60. The molecular weight excluding hydrogens is 334 g/mol. The quantitative estimate of drug-likeness (QED) is 0.868. The van der Waals surface area contributed by atoms with Gasteiger partial charge >= 0.3 is 5.69 Å². The lowest BCUT2D eigenvalue weighted by atomic mass is 9.45. The average Bonchev–Trinajstić information content (AvgIpc) is 3.02. The van der Waals surface area contributed by atoms with Crippen molar-refractivity contribution in [2.45, 2.75) is 58.4 Å². The number of likely N-dealkylation sites (tertiary alicyclic amines) is 1. The molecular formula is C23H33N3O. The number of nitrogens with one attached hydrogen (secondary N) is 1. The second-order valence-electron chi connectivity index (χ2n) is 9.88. The summed E-state index contributed by atoms with van der Waals surface area (Å²) >= 11 is 0. The minimum atomic E-state index is 0.0543. The zero-order valence-corrected chi connectivity index (χ0v) is 16.8. The zero-order chi connectivity index (χ0) is 18.6. The van der Waals surface area contributed by atoms with Gasteiger partial charge in [0.1, 0.15) is 0 Å². The van der Waals surface area contributed by atoms with Gasteiger partial charge in [0.2, 0.25) is 0 Å². The van der Waals surface area contributed by atoms with E-state index >= 15 is 0 Å². The Labute approximate surface area is 161 Å². The van der Waals surface area contributed by atoms with Gasteiger partial charge in [-0.2, -0.15) is 0 Å². The van der Waals surface area contributed by atoms with Gasteiger partial charge in [0.25, 0.3) is 0 Å². The van der Waals surface area contributed by atoms with Crippen molar-refractivity contribution >= 4 is 11.0 Å². The third kappa shape index (κ3) is 2.88. The molecule has 1 N–H and O–H groups in total. The standard InChI is InChI=1S/C23H33N3O/c1-23(2)17-8-7-16(19(23)15-17)9-12-25-13-10-18(11-14-25)26-21-6-4-3-5-20(21)24-22(26)27/h3-6,16-19H,7-15H2,1-2H3,(H,24,27)/t16-,17-,19-/m0/s1. The van der Waals surface area contributed by atoms with Gasteiger partial charge in [-0.25, -0.2) is 4.79 Å². The van der Waals surface area contributed by atoms with Gasteiger partial charge in [0, 0.05) is 19.1 Å². The van der Waals surface area contributed by atoms with Crippen molar-refractivity contribution in [3.63, 3.8) is 0 Å². The fourth-order valence-electron chi connectivity index (χ4n) is 6.49. The highest BCUT2D eigenvalue weighted by atomic mass is 16.1. The Bertz CT molecular complexity index is 869. The van der Waals surface area contributed by atoms with Crippen LogP contribution in [-0.4, -0.2) is 34.1 Å². The molecule has 27 heavy (non-hydrogen) atoms. The Morgan fingerprint density at radius 3 is 2.63 bits per heavy atom. The number of aromatic amines is 1. The van der Waals surface area contributed by atoms with Gasteiger partial charge in [0.05, 0.1) is 11.0 Å². The maximum absolute atomic E-state index is 12.4. The summed E-state index contributed by atoms with van der Waals surface area (Å²) in [6.07, 6.45) is 7.95. The van der Waals surface area contributed by atoms with E-state index in [1.807, 2.05) is 22.8 Å². The first-order valence-corrected chi connectivity index (χ1v) is 11.0. The third-order valence-electron chi connectivity index (χ3n) is 8.36. The molecule has 3 atom stereocenters. The van der Waals surface area contributed by atoms with E-state index in [-0.39, 0.29) is 5.69 Å². The van der Waals surface area contributed by atoms with Crippen LogP contribution in [0.3, 0.4) is 0 Å². The number of fused-ring (bicyclic) bond motifs is 3. The Kier molecular flexibility index (Phi) is 4.23. The molecule has 0 amide bonds. The molecule has 1 aromatic heterocycles. The van der Waals surface area contributed by atoms with E-state index in [0.29, 0.717) is 11.5 Å². The summed E-state index contributed by atoms with van der Waals surface area (Å²) in [6.45, 7) is 8.50. The maximum Gasteiger partial charge on any atom is 0.326 e. The van der Waals surface area contributed by atoms with E-state index in [1.54, 1.807) is 0 Å². The summed E-state index contributed by atoms with van der Waals surface area (Å²) in [5.74, 6) is 2.92. The van der Waals surface area contributed by atoms with Crippen LogP contribution in [0.1, 0.15) is 58.4 Å². The molecule has 2 heterocycles. The number of rotatable bonds is 4. The molecule has 1 aliphatic heterocycles. The van der Waals surface area contributed by atoms with E-state index in [0.717, 1.165) is 54.7 Å². The molecule has 1 aromatic carbocycles. The molecule has 4 nitrogen and oxygen atoms in total. The second kappa shape index (κ2) is 6.51. The summed E-state index contributed by atoms with van der Waals surface area (Å²) in [5, 5.41) is 0. The third-order valence-corrected chi connectivity index (χ3v) is 8.36. The van der Waals surface area contributed by atoms with Crippen LogP contribution in [0, 0.1) is 23.2 Å². The van der Waals surface area contributed by atoms with Gasteiger partial charge < -0.3 is 9.88 Å². The highest BCUT2D eigenvalue weighted by molar-refractivity contribution is 5.75. The molecule has 146 valence electrons. The van der Waals surface area contributed by atoms with Crippen LogP contribution in [-0.2, 0) is 0 Å². The Hall–Kier alpha value is -1.55. The molecule has 0 radical (unpaired) electrons. The minimum absolute atomic E-state index is 0.0543. The number of aromatic nitrogens is 2. The molecule has 2 bridgehead atoms. The monoisotopic (exact) mass is 367 g/mol. The van der Waals surface area contributed by atoms with Crippen molar-refractivity contribution in [1.29, 1.82) is 0 Å². The van der Waals surface area contributed by atoms with Gasteiger partial charge in [-0.3, -0.25) is 4.57 Å². The number of para-hydroxylation sites is 2. The van der Waals surface area contributed by atoms with Crippen LogP contribution in [0.15, 0.2) is 29.1 Å². The van der Waals surface area contributed by atoms with E-state index in [1.165, 1.54) is 32.2 Å². The fraction of sp³-hybridized carbons (Fsp3) is 0.696. The second-order valence-corrected chi connectivity index (χ2v) is 9.88. The van der Waals surface area contributed by atoms with Crippen molar-refractivity contribution < 1.29 is 0 Å². The lowest BCUT2D eigenvalue weighted by molar-refractivity contribution is -0.108. The lowest BCUT2D eigenvalue weighted by Crippen LogP contribution is -2.52. The van der Waals surface area contributed by atoms with Crippen molar-refractivity contribution in [1.82, 2.24) is 14.5 Å². The van der Waals surface area contributed by atoms with E-state index in [4.69, 9.17) is 0 Å². The molecule has 4 heteroatoms. The van der Waals surface area contributed by atoms with Crippen molar-refractivity contribution in [3.8, 4) is 0 Å². The number of imidazole rings is 1. The summed E-state index contributed by atoms with van der Waals surface area (Å²) < 4.78 is 2.00. The molecule has 0 unspecified atom stereocenters. The highest BCUT2D eigenvalue weighted by Crippen LogP contribution is 2.62. The van der Waals surface area contributed by atoms with Gasteiger partial charge in [-0.15, -0.1) is 0 Å². The highest BCUT2D eigenvalue weighted by Gasteiger charge is 2.53. The normalized spacial score (nSPS) is 31.1. The molecule has 2 aromatic rings. The number of nitrogens with zero attached hydrogens (tertiary/aromatic N) is 2. The Balaban J connectivity index is 1.19. The van der Waals surface area contributed by atoms with Crippen LogP contribution < -0.4 is 5.69 Å². The SMILES string of the molecule is CC1(C)[C@H]2CC[C@@H](CCN3CCC(n4c(=O)[nH]c5ccccc54)CC3)[C@@H]1C2. The molecule has 4 aliphatic rings. The summed E-state index contributed by atoms with van der Waals surface area (Å²) in [7, 11) is 0. The summed E-state index contributed by atoms with van der Waals surface area (Å²) in [4.78, 5) is 18.1. The molecule has 4 fully saturated rings. The number of H-pyrrole nitrogens is 1. The number of piperidine rings is 1. The van der Waals surface area contributed by atoms with E-state index < -0.39 is 0 Å². The number of hydrogen-bond donors (Lipinski definition) is 1. The Morgan fingerprint density at radius 2 is 1.89 bits per heavy atom. The van der Waals surface area contributed by atoms with Crippen LogP contribution in [0.5, 0.6) is 0 Å². The number of hydrogen-bond acceptors (Lipinski definition) is 2. The average molecular weight is 368 g/mol. The predicted octanol–water partition coefficient (Wildman–Crippen LogP) is 4.43. The summed E-state index contributed by atoms with van der Waals surface area (Å²) in [6, 6.07) is 8.42. The maximum atomic E-state index is 12.4. The zero-order valence-electron chi connectivity index (χ0n) is 16.8. The first kappa shape index (κ1) is 17.5. The van der Waals surface area contributed by atoms with Crippen LogP contribution in [0.2, 0.25) is 0 Å². The van der Waals surface area contributed by atoms with Gasteiger partial charge in [-0.05, 0) is 80.4 Å². The van der Waals surface area contributed by atoms with Gasteiger partial charge in [0.15, 0.2) is 0 Å². The topological polar surface area (TPSA) is 41.0 Å². The van der Waals surface area contributed by atoms with Crippen LogP contribution in [0.25, 0.3) is 11.0 Å². The molecule has 0 spiro atoms. The molecule has 1 saturated heterocycles. The van der Waals surface area contributed by atoms with Crippen LogP contribution >= 0.6 is 0 Å². The first-order chi connectivity index (χ1) is 13.0. The van der Waals surface area contributed by atoms with E-state index in [2.05, 4.69) is 29.8 Å². The van der Waals surface area contributed by atoms with Crippen LogP contribution in [0.4, 0.5) is 0 Å². The first-order valence-electron chi connectivity index (χ1n) is 11.0. The van der Waals surface area contributed by atoms with Crippen molar-refractivity contribution in [2.24, 2.45) is 23.2 Å².